The van der Waals surface area contributed by atoms with Crippen LogP contribution in [-0.4, -0.2) is 15.8 Å². The van der Waals surface area contributed by atoms with Crippen LogP contribution in [0.25, 0.3) is 0 Å². The van der Waals surface area contributed by atoms with E-state index >= 15 is 0 Å². The van der Waals surface area contributed by atoms with Crippen molar-refractivity contribution in [1.29, 1.82) is 0 Å². The Morgan fingerprint density at radius 2 is 1.62 bits per heavy atom. The molecule has 1 fully saturated rings. The highest BCUT2D eigenvalue weighted by atomic mass is 16.3. The summed E-state index contributed by atoms with van der Waals surface area (Å²) in [6.07, 6.45) is 5.76. The summed E-state index contributed by atoms with van der Waals surface area (Å²) in [4.78, 5) is 0. The summed E-state index contributed by atoms with van der Waals surface area (Å²) in [5, 5.41) is 17.9. The molecule has 2 rings (SSSR count). The van der Waals surface area contributed by atoms with E-state index in [0.29, 0.717) is 0 Å². The molecule has 1 aliphatic rings. The zero-order chi connectivity index (χ0) is 11.9. The fraction of sp³-hybridized carbons (Fsp3) is 0.571. The maximum absolute atomic E-state index is 9.37. The third-order valence-corrected chi connectivity index (χ3v) is 2.96. The van der Waals surface area contributed by atoms with E-state index in [1.807, 2.05) is 37.3 Å². The van der Waals surface area contributed by atoms with Gasteiger partial charge < -0.3 is 10.2 Å². The molecule has 2 N–H and O–H groups in total. The second-order valence-electron chi connectivity index (χ2n) is 4.70. The van der Waals surface area contributed by atoms with Gasteiger partial charge in [0.2, 0.25) is 0 Å². The molecule has 2 heteroatoms. The summed E-state index contributed by atoms with van der Waals surface area (Å²) in [6, 6.07) is 9.52. The van der Waals surface area contributed by atoms with Crippen LogP contribution >= 0.6 is 0 Å². The first-order valence-electron chi connectivity index (χ1n) is 6.01. The third-order valence-electron chi connectivity index (χ3n) is 2.96. The van der Waals surface area contributed by atoms with Gasteiger partial charge in [-0.05, 0) is 25.3 Å². The first-order chi connectivity index (χ1) is 7.64. The third kappa shape index (κ3) is 5.29. The predicted molar refractivity (Wildman–Crippen MR) is 66.1 cm³/mol. The Kier molecular flexibility index (Phi) is 5.50. The van der Waals surface area contributed by atoms with Gasteiger partial charge in [0, 0.05) is 0 Å². The minimum atomic E-state index is -0.321. The van der Waals surface area contributed by atoms with Crippen molar-refractivity contribution in [2.45, 2.75) is 51.2 Å². The SMILES string of the molecule is CC1(O)CCCCC1.OCc1ccccc1. The van der Waals surface area contributed by atoms with E-state index < -0.39 is 0 Å². The van der Waals surface area contributed by atoms with E-state index in [9.17, 15) is 5.11 Å². The number of rotatable bonds is 1. The molecular formula is C14H22O2. The molecule has 0 radical (unpaired) electrons. The molecule has 1 saturated carbocycles. The highest BCUT2D eigenvalue weighted by molar-refractivity contribution is 5.12. The highest BCUT2D eigenvalue weighted by Gasteiger charge is 2.22. The number of benzene rings is 1. The van der Waals surface area contributed by atoms with Crippen LogP contribution in [0.3, 0.4) is 0 Å². The molecule has 0 heterocycles. The summed E-state index contributed by atoms with van der Waals surface area (Å²) in [5.41, 5.74) is 0.644. The number of hydrogen-bond acceptors (Lipinski definition) is 2. The molecule has 0 aliphatic heterocycles. The zero-order valence-corrected chi connectivity index (χ0v) is 10.0. The smallest absolute Gasteiger partial charge is 0.0681 e. The molecule has 1 aromatic carbocycles. The average molecular weight is 222 g/mol. The van der Waals surface area contributed by atoms with E-state index in [-0.39, 0.29) is 12.2 Å². The minimum Gasteiger partial charge on any atom is -0.392 e. The molecule has 2 nitrogen and oxygen atoms in total. The predicted octanol–water partition coefficient (Wildman–Crippen LogP) is 2.88. The van der Waals surface area contributed by atoms with Crippen molar-refractivity contribution >= 4 is 0 Å². The van der Waals surface area contributed by atoms with Crippen LogP contribution in [0, 0.1) is 0 Å². The fourth-order valence-electron chi connectivity index (χ4n) is 1.90. The molecule has 1 aliphatic carbocycles. The van der Waals surface area contributed by atoms with Crippen molar-refractivity contribution in [1.82, 2.24) is 0 Å². The van der Waals surface area contributed by atoms with Gasteiger partial charge in [0.1, 0.15) is 0 Å². The van der Waals surface area contributed by atoms with Gasteiger partial charge in [-0.1, -0.05) is 49.6 Å². The lowest BCUT2D eigenvalue weighted by Gasteiger charge is -2.27. The molecular weight excluding hydrogens is 200 g/mol. The molecule has 0 saturated heterocycles. The van der Waals surface area contributed by atoms with Crippen LogP contribution in [0.5, 0.6) is 0 Å². The molecule has 90 valence electrons. The van der Waals surface area contributed by atoms with Crippen LogP contribution in [0.2, 0.25) is 0 Å². The van der Waals surface area contributed by atoms with Crippen LogP contribution in [0.1, 0.15) is 44.6 Å². The van der Waals surface area contributed by atoms with Crippen LogP contribution in [-0.2, 0) is 6.61 Å². The topological polar surface area (TPSA) is 40.5 Å². The van der Waals surface area contributed by atoms with Crippen LogP contribution in [0.15, 0.2) is 30.3 Å². The van der Waals surface area contributed by atoms with E-state index in [4.69, 9.17) is 5.11 Å². The normalized spacial score (nSPS) is 18.4. The average Bonchev–Trinajstić information content (AvgIpc) is 2.31. The number of hydrogen-bond donors (Lipinski definition) is 2. The second kappa shape index (κ2) is 6.66. The second-order valence-corrected chi connectivity index (χ2v) is 4.70. The van der Waals surface area contributed by atoms with Gasteiger partial charge in [0.15, 0.2) is 0 Å². The fourth-order valence-corrected chi connectivity index (χ4v) is 1.90. The Labute approximate surface area is 97.9 Å². The Balaban J connectivity index is 0.000000160. The Hall–Kier alpha value is -0.860. The molecule has 0 amide bonds. The molecule has 16 heavy (non-hydrogen) atoms. The van der Waals surface area contributed by atoms with Gasteiger partial charge in [0.25, 0.3) is 0 Å². The molecule has 0 aromatic heterocycles. The van der Waals surface area contributed by atoms with Gasteiger partial charge in [-0.2, -0.15) is 0 Å². The van der Waals surface area contributed by atoms with Crippen molar-refractivity contribution < 1.29 is 10.2 Å². The number of aliphatic hydroxyl groups is 2. The Morgan fingerprint density at radius 3 is 1.94 bits per heavy atom. The van der Waals surface area contributed by atoms with Crippen molar-refractivity contribution in [2.24, 2.45) is 0 Å². The van der Waals surface area contributed by atoms with Crippen LogP contribution in [0.4, 0.5) is 0 Å². The van der Waals surface area contributed by atoms with Crippen molar-refractivity contribution in [3.05, 3.63) is 35.9 Å². The molecule has 0 spiro atoms. The van der Waals surface area contributed by atoms with E-state index in [0.717, 1.165) is 18.4 Å². The van der Waals surface area contributed by atoms with Gasteiger partial charge in [-0.25, -0.2) is 0 Å². The quantitative estimate of drug-likeness (QED) is 0.767. The maximum Gasteiger partial charge on any atom is 0.0681 e. The van der Waals surface area contributed by atoms with Crippen molar-refractivity contribution in [3.63, 3.8) is 0 Å². The monoisotopic (exact) mass is 222 g/mol. The summed E-state index contributed by atoms with van der Waals surface area (Å²) in [6.45, 7) is 2.08. The van der Waals surface area contributed by atoms with Gasteiger partial charge in [-0.15, -0.1) is 0 Å². The Morgan fingerprint density at radius 1 is 1.06 bits per heavy atom. The van der Waals surface area contributed by atoms with Crippen molar-refractivity contribution in [3.8, 4) is 0 Å². The maximum atomic E-state index is 9.37. The van der Waals surface area contributed by atoms with Gasteiger partial charge in [0.05, 0.1) is 12.2 Å². The lowest BCUT2D eigenvalue weighted by Crippen LogP contribution is -2.26. The van der Waals surface area contributed by atoms with Gasteiger partial charge in [-0.3, -0.25) is 0 Å². The minimum absolute atomic E-state index is 0.140. The highest BCUT2D eigenvalue weighted by Crippen LogP contribution is 2.26. The molecule has 0 atom stereocenters. The first kappa shape index (κ1) is 13.2. The lowest BCUT2D eigenvalue weighted by molar-refractivity contribution is 0.0225. The van der Waals surface area contributed by atoms with Crippen LogP contribution < -0.4 is 0 Å². The molecule has 0 bridgehead atoms. The Bertz CT molecular complexity index is 272. The van der Waals surface area contributed by atoms with E-state index in [1.54, 1.807) is 0 Å². The lowest BCUT2D eigenvalue weighted by atomic mass is 9.87. The summed E-state index contributed by atoms with van der Waals surface area (Å²) in [7, 11) is 0. The van der Waals surface area contributed by atoms with Gasteiger partial charge >= 0.3 is 0 Å². The molecule has 0 unspecified atom stereocenters. The standard InChI is InChI=1S/C7H14O.C7H8O/c1-7(8)5-3-2-4-6-7;8-6-7-4-2-1-3-5-7/h8H,2-6H2,1H3;1-5,8H,6H2. The summed E-state index contributed by atoms with van der Waals surface area (Å²) in [5.74, 6) is 0. The van der Waals surface area contributed by atoms with E-state index in [2.05, 4.69) is 0 Å². The summed E-state index contributed by atoms with van der Waals surface area (Å²) < 4.78 is 0. The zero-order valence-electron chi connectivity index (χ0n) is 10.0. The van der Waals surface area contributed by atoms with E-state index in [1.165, 1.54) is 19.3 Å². The molecule has 1 aromatic rings. The first-order valence-corrected chi connectivity index (χ1v) is 6.01. The summed E-state index contributed by atoms with van der Waals surface area (Å²) >= 11 is 0. The largest absolute Gasteiger partial charge is 0.392 e. The number of aliphatic hydroxyl groups excluding tert-OH is 1. The van der Waals surface area contributed by atoms with Crippen molar-refractivity contribution in [2.75, 3.05) is 0 Å².